The number of methoxy groups -OCH3 is 2. The molecule has 3 rings (SSSR count). The van der Waals surface area contributed by atoms with Gasteiger partial charge in [0.1, 0.15) is 18.4 Å². The Morgan fingerprint density at radius 2 is 1.92 bits per heavy atom. The van der Waals surface area contributed by atoms with Crippen LogP contribution in [0.25, 0.3) is 0 Å². The lowest BCUT2D eigenvalue weighted by Crippen LogP contribution is -2.58. The zero-order chi connectivity index (χ0) is 25.9. The molecule has 0 aromatic heterocycles. The van der Waals surface area contributed by atoms with Crippen molar-refractivity contribution < 1.29 is 19.1 Å². The summed E-state index contributed by atoms with van der Waals surface area (Å²) in [5, 5.41) is 12.0. The molecule has 0 bridgehead atoms. The van der Waals surface area contributed by atoms with E-state index >= 15 is 0 Å². The Kier molecular flexibility index (Phi) is 10.2. The Hall–Kier alpha value is -3.45. The smallest absolute Gasteiger partial charge is 0.249 e. The first-order valence-electron chi connectivity index (χ1n) is 12.1. The molecule has 2 aromatic carbocycles. The van der Waals surface area contributed by atoms with E-state index in [1.807, 2.05) is 42.5 Å². The van der Waals surface area contributed by atoms with Crippen LogP contribution in [0.5, 0.6) is 5.75 Å². The van der Waals surface area contributed by atoms with Gasteiger partial charge in [0.15, 0.2) is 0 Å². The van der Waals surface area contributed by atoms with Crippen molar-refractivity contribution in [2.75, 3.05) is 40.5 Å². The number of hydrogen-bond donors (Lipinski definition) is 2. The first-order chi connectivity index (χ1) is 17.5. The Labute approximate surface area is 212 Å². The average molecular weight is 494 g/mol. The summed E-state index contributed by atoms with van der Waals surface area (Å²) in [5.74, 6) is 0.384. The van der Waals surface area contributed by atoms with Crippen LogP contribution in [0.1, 0.15) is 29.5 Å². The van der Waals surface area contributed by atoms with E-state index in [1.165, 1.54) is 7.11 Å². The fourth-order valence-corrected chi connectivity index (χ4v) is 4.58. The minimum Gasteiger partial charge on any atom is -0.497 e. The van der Waals surface area contributed by atoms with E-state index in [4.69, 9.17) is 20.5 Å². The minimum atomic E-state index is -0.605. The van der Waals surface area contributed by atoms with Crippen molar-refractivity contribution in [2.45, 2.75) is 38.0 Å². The number of carbonyl (C=O) groups is 2. The highest BCUT2D eigenvalue weighted by atomic mass is 16.5. The molecule has 0 spiro atoms. The summed E-state index contributed by atoms with van der Waals surface area (Å²) in [4.78, 5) is 29.7. The van der Waals surface area contributed by atoms with Gasteiger partial charge >= 0.3 is 0 Å². The van der Waals surface area contributed by atoms with E-state index in [-0.39, 0.29) is 24.5 Å². The fourth-order valence-electron chi connectivity index (χ4n) is 4.58. The van der Waals surface area contributed by atoms with Crippen LogP contribution in [-0.4, -0.2) is 74.2 Å². The highest BCUT2D eigenvalue weighted by Crippen LogP contribution is 2.27. The van der Waals surface area contributed by atoms with Crippen molar-refractivity contribution >= 4 is 11.8 Å². The van der Waals surface area contributed by atoms with E-state index < -0.39 is 6.04 Å². The van der Waals surface area contributed by atoms with Crippen LogP contribution in [0.15, 0.2) is 48.5 Å². The molecule has 0 radical (unpaired) electrons. The van der Waals surface area contributed by atoms with Crippen LogP contribution in [0.4, 0.5) is 0 Å². The molecule has 1 fully saturated rings. The molecule has 36 heavy (non-hydrogen) atoms. The number of nitrogens with one attached hydrogen (secondary N) is 1. The number of carbonyl (C=O) groups excluding carboxylic acids is 2. The van der Waals surface area contributed by atoms with E-state index in [1.54, 1.807) is 12.0 Å². The van der Waals surface area contributed by atoms with Gasteiger partial charge in [-0.1, -0.05) is 24.3 Å². The SMILES string of the molecule is COCC(=O)N1CCC(N(Cc2ccc(C#N)cc2)Cc2cccc(OC)c2)C[C@@H]1C(=O)NCCN. The monoisotopic (exact) mass is 493 g/mol. The standard InChI is InChI=1S/C27H35N5O4/c1-35-19-26(33)32-13-10-23(15-25(32)27(34)30-12-11-28)31(17-21-8-6-20(16-29)7-9-21)18-22-4-3-5-24(14-22)36-2/h3-9,14,23,25H,10-13,15,17-19,28H2,1-2H3,(H,30,34)/t23?,25-/m1/s1. The van der Waals surface area contributed by atoms with Crippen molar-refractivity contribution in [1.29, 1.82) is 5.26 Å². The van der Waals surface area contributed by atoms with Gasteiger partial charge < -0.3 is 25.4 Å². The zero-order valence-corrected chi connectivity index (χ0v) is 21.0. The summed E-state index contributed by atoms with van der Waals surface area (Å²) in [6.45, 7) is 2.35. The predicted octanol–water partition coefficient (Wildman–Crippen LogP) is 1.65. The van der Waals surface area contributed by atoms with Crippen molar-refractivity contribution in [3.05, 3.63) is 65.2 Å². The number of ether oxygens (including phenoxy) is 2. The summed E-state index contributed by atoms with van der Waals surface area (Å²) >= 11 is 0. The van der Waals surface area contributed by atoms with Gasteiger partial charge in [-0.15, -0.1) is 0 Å². The number of nitrogens with two attached hydrogens (primary N) is 1. The predicted molar refractivity (Wildman–Crippen MR) is 136 cm³/mol. The third kappa shape index (κ3) is 7.28. The zero-order valence-electron chi connectivity index (χ0n) is 21.0. The fraction of sp³-hybridized carbons (Fsp3) is 0.444. The van der Waals surface area contributed by atoms with Gasteiger partial charge in [-0.25, -0.2) is 0 Å². The third-order valence-corrected chi connectivity index (χ3v) is 6.41. The molecule has 192 valence electrons. The molecule has 9 heteroatoms. The van der Waals surface area contributed by atoms with Crippen LogP contribution in [0, 0.1) is 11.3 Å². The van der Waals surface area contributed by atoms with Crippen LogP contribution < -0.4 is 15.8 Å². The number of nitriles is 1. The maximum Gasteiger partial charge on any atom is 0.249 e. The number of hydrogen-bond acceptors (Lipinski definition) is 7. The number of nitrogens with zero attached hydrogens (tertiary/aromatic N) is 3. The Morgan fingerprint density at radius 3 is 2.58 bits per heavy atom. The molecule has 1 heterocycles. The summed E-state index contributed by atoms with van der Waals surface area (Å²) < 4.78 is 10.5. The summed E-state index contributed by atoms with van der Waals surface area (Å²) in [6, 6.07) is 17.1. The topological polar surface area (TPSA) is 121 Å². The Bertz CT molecular complexity index is 1050. The quantitative estimate of drug-likeness (QED) is 0.488. The van der Waals surface area contributed by atoms with Gasteiger partial charge in [-0.05, 0) is 48.2 Å². The first kappa shape index (κ1) is 27.1. The van der Waals surface area contributed by atoms with Gasteiger partial charge in [-0.2, -0.15) is 5.26 Å². The van der Waals surface area contributed by atoms with E-state index in [0.29, 0.717) is 44.7 Å². The van der Waals surface area contributed by atoms with Crippen LogP contribution >= 0.6 is 0 Å². The first-order valence-corrected chi connectivity index (χ1v) is 12.1. The Balaban J connectivity index is 1.87. The second-order valence-corrected chi connectivity index (χ2v) is 8.86. The second kappa shape index (κ2) is 13.6. The molecule has 1 unspecified atom stereocenters. The lowest BCUT2D eigenvalue weighted by atomic mass is 9.93. The van der Waals surface area contributed by atoms with E-state index in [9.17, 15) is 9.59 Å². The van der Waals surface area contributed by atoms with Crippen molar-refractivity contribution in [2.24, 2.45) is 5.73 Å². The van der Waals surface area contributed by atoms with Gasteiger partial charge in [0, 0.05) is 45.9 Å². The van der Waals surface area contributed by atoms with Crippen LogP contribution in [-0.2, 0) is 27.4 Å². The number of piperidine rings is 1. The maximum atomic E-state index is 13.0. The average Bonchev–Trinajstić information content (AvgIpc) is 2.91. The molecule has 2 aromatic rings. The third-order valence-electron chi connectivity index (χ3n) is 6.41. The molecule has 1 aliphatic rings. The molecular formula is C27H35N5O4. The highest BCUT2D eigenvalue weighted by Gasteiger charge is 2.38. The largest absolute Gasteiger partial charge is 0.497 e. The van der Waals surface area contributed by atoms with Gasteiger partial charge in [0.2, 0.25) is 11.8 Å². The van der Waals surface area contributed by atoms with Crippen molar-refractivity contribution in [3.8, 4) is 11.8 Å². The number of benzene rings is 2. The highest BCUT2D eigenvalue weighted by molar-refractivity contribution is 5.88. The molecule has 1 saturated heterocycles. The Morgan fingerprint density at radius 1 is 1.17 bits per heavy atom. The number of likely N-dealkylation sites (tertiary alicyclic amines) is 1. The normalized spacial score (nSPS) is 17.5. The molecule has 0 aliphatic carbocycles. The summed E-state index contributed by atoms with van der Waals surface area (Å²) in [6.07, 6.45) is 1.21. The number of rotatable bonds is 11. The minimum absolute atomic E-state index is 0.0482. The van der Waals surface area contributed by atoms with Crippen LogP contribution in [0.3, 0.4) is 0 Å². The van der Waals surface area contributed by atoms with Crippen molar-refractivity contribution in [1.82, 2.24) is 15.1 Å². The van der Waals surface area contributed by atoms with Crippen molar-refractivity contribution in [3.63, 3.8) is 0 Å². The van der Waals surface area contributed by atoms with E-state index in [0.717, 1.165) is 23.3 Å². The molecule has 1 aliphatic heterocycles. The molecular weight excluding hydrogens is 458 g/mol. The molecule has 3 N–H and O–H groups in total. The van der Waals surface area contributed by atoms with Gasteiger partial charge in [-0.3, -0.25) is 14.5 Å². The maximum absolute atomic E-state index is 13.0. The molecule has 2 amide bonds. The summed E-state index contributed by atoms with van der Waals surface area (Å²) in [7, 11) is 3.12. The second-order valence-electron chi connectivity index (χ2n) is 8.86. The van der Waals surface area contributed by atoms with E-state index in [2.05, 4.69) is 22.4 Å². The number of amides is 2. The lowest BCUT2D eigenvalue weighted by molar-refractivity contribution is -0.146. The summed E-state index contributed by atoms with van der Waals surface area (Å²) in [5.41, 5.74) is 8.35. The van der Waals surface area contributed by atoms with Gasteiger partial charge in [0.05, 0.1) is 18.7 Å². The lowest BCUT2D eigenvalue weighted by Gasteiger charge is -2.43. The van der Waals surface area contributed by atoms with Gasteiger partial charge in [0.25, 0.3) is 0 Å². The molecule has 9 nitrogen and oxygen atoms in total. The molecule has 0 saturated carbocycles. The van der Waals surface area contributed by atoms with Crippen LogP contribution in [0.2, 0.25) is 0 Å². The molecule has 2 atom stereocenters.